The minimum absolute atomic E-state index is 0.0569. The third-order valence-electron chi connectivity index (χ3n) is 5.05. The fourth-order valence-corrected chi connectivity index (χ4v) is 3.72. The lowest BCUT2D eigenvalue weighted by Crippen LogP contribution is -2.17. The van der Waals surface area contributed by atoms with Crippen molar-refractivity contribution in [3.05, 3.63) is 83.3 Å². The van der Waals surface area contributed by atoms with Gasteiger partial charge in [0.1, 0.15) is 17.1 Å². The number of carbonyl (C=O) groups is 2. The molecule has 0 unspecified atom stereocenters. The Morgan fingerprint density at radius 3 is 2.23 bits per heavy atom. The fourth-order valence-electron chi connectivity index (χ4n) is 3.55. The summed E-state index contributed by atoms with van der Waals surface area (Å²) < 4.78 is 13.3. The van der Waals surface area contributed by atoms with Crippen molar-refractivity contribution in [1.29, 1.82) is 0 Å². The molecule has 0 aliphatic rings. The van der Waals surface area contributed by atoms with E-state index < -0.39 is 0 Å². The van der Waals surface area contributed by atoms with Gasteiger partial charge in [-0.25, -0.2) is 4.98 Å². The molecule has 0 radical (unpaired) electrons. The molecule has 0 saturated carbocycles. The van der Waals surface area contributed by atoms with Crippen molar-refractivity contribution < 1.29 is 19.1 Å². The van der Waals surface area contributed by atoms with Gasteiger partial charge in [-0.05, 0) is 38.1 Å². The van der Waals surface area contributed by atoms with E-state index in [2.05, 4.69) is 15.6 Å². The van der Waals surface area contributed by atoms with Crippen LogP contribution < -0.4 is 20.1 Å². The summed E-state index contributed by atoms with van der Waals surface area (Å²) >= 11 is 6.03. The first kappa shape index (κ1) is 24.1. The highest BCUT2D eigenvalue weighted by Crippen LogP contribution is 2.37. The highest BCUT2D eigenvalue weighted by Gasteiger charge is 2.18. The predicted octanol–water partition coefficient (Wildman–Crippen LogP) is 5.22. The molecule has 8 nitrogen and oxygen atoms in total. The van der Waals surface area contributed by atoms with Crippen LogP contribution >= 0.6 is 11.6 Å². The molecular formula is C26H25ClN4O4. The second-order valence-corrected chi connectivity index (χ2v) is 8.04. The Morgan fingerprint density at radius 1 is 0.914 bits per heavy atom. The van der Waals surface area contributed by atoms with Gasteiger partial charge in [-0.3, -0.25) is 9.59 Å². The van der Waals surface area contributed by atoms with E-state index in [4.69, 9.17) is 21.1 Å². The molecule has 0 aliphatic heterocycles. The number of imidazole rings is 1. The number of hydrogen-bond acceptors (Lipinski definition) is 5. The van der Waals surface area contributed by atoms with Gasteiger partial charge in [0.05, 0.1) is 41.7 Å². The second-order valence-electron chi connectivity index (χ2n) is 7.60. The van der Waals surface area contributed by atoms with Crippen LogP contribution in [0.15, 0.2) is 67.0 Å². The van der Waals surface area contributed by atoms with Crippen molar-refractivity contribution in [2.45, 2.75) is 20.3 Å². The molecule has 0 fully saturated rings. The summed E-state index contributed by atoms with van der Waals surface area (Å²) in [5.41, 5.74) is 2.69. The van der Waals surface area contributed by atoms with Crippen molar-refractivity contribution in [2.75, 3.05) is 23.8 Å². The zero-order valence-electron chi connectivity index (χ0n) is 19.4. The summed E-state index contributed by atoms with van der Waals surface area (Å²) in [4.78, 5) is 30.0. The number of fused-ring (bicyclic) bond motifs is 1. The number of carbonyl (C=O) groups excluding carboxylic acids is 2. The number of benzene rings is 2. The zero-order chi connectivity index (χ0) is 24.8. The first-order valence-corrected chi connectivity index (χ1v) is 11.6. The van der Waals surface area contributed by atoms with Crippen LogP contribution in [0.25, 0.3) is 5.65 Å². The number of nitrogens with zero attached hydrogens (tertiary/aromatic N) is 2. The van der Waals surface area contributed by atoms with E-state index in [9.17, 15) is 9.59 Å². The van der Waals surface area contributed by atoms with Crippen LogP contribution in [-0.4, -0.2) is 34.4 Å². The fraction of sp³-hybridized carbons (Fsp3) is 0.192. The maximum atomic E-state index is 12.8. The molecule has 180 valence electrons. The number of rotatable bonds is 9. The quantitative estimate of drug-likeness (QED) is 0.334. The monoisotopic (exact) mass is 492 g/mol. The van der Waals surface area contributed by atoms with Crippen LogP contribution in [0.2, 0.25) is 5.02 Å². The molecule has 0 atom stereocenters. The van der Waals surface area contributed by atoms with Gasteiger partial charge in [0.2, 0.25) is 5.91 Å². The minimum atomic E-state index is -0.280. The SMILES string of the molecule is CCOc1cc(NC(=O)c2ccccc2)c(OCC)cc1NC(=O)Cc1cn2cc(Cl)ccc2n1. The minimum Gasteiger partial charge on any atom is -0.492 e. The normalized spacial score (nSPS) is 10.7. The lowest BCUT2D eigenvalue weighted by Gasteiger charge is -2.17. The van der Waals surface area contributed by atoms with E-state index in [1.807, 2.05) is 19.9 Å². The molecule has 4 aromatic rings. The standard InChI is InChI=1S/C26H25ClN4O4/c1-3-34-22-14-21(30-26(33)17-8-6-5-7-9-17)23(35-4-2)13-20(22)29-25(32)12-19-16-31-15-18(27)10-11-24(31)28-19/h5-11,13-16H,3-4,12H2,1-2H3,(H,29,32)(H,30,33). The Morgan fingerprint density at radius 2 is 1.57 bits per heavy atom. The molecule has 2 heterocycles. The molecule has 0 aliphatic carbocycles. The van der Waals surface area contributed by atoms with Crippen LogP contribution in [0.4, 0.5) is 11.4 Å². The maximum absolute atomic E-state index is 12.8. The second kappa shape index (κ2) is 10.9. The molecule has 2 aromatic carbocycles. The Kier molecular flexibility index (Phi) is 7.52. The molecule has 0 saturated heterocycles. The van der Waals surface area contributed by atoms with Gasteiger partial charge in [-0.15, -0.1) is 0 Å². The molecular weight excluding hydrogens is 468 g/mol. The molecule has 0 spiro atoms. The van der Waals surface area contributed by atoms with E-state index in [1.165, 1.54) is 0 Å². The number of hydrogen-bond donors (Lipinski definition) is 2. The summed E-state index contributed by atoms with van der Waals surface area (Å²) in [6.45, 7) is 4.43. The number of anilines is 2. The summed E-state index contributed by atoms with van der Waals surface area (Å²) in [5, 5.41) is 6.33. The van der Waals surface area contributed by atoms with Crippen LogP contribution in [0, 0.1) is 0 Å². The molecule has 2 N–H and O–H groups in total. The highest BCUT2D eigenvalue weighted by atomic mass is 35.5. The van der Waals surface area contributed by atoms with Gasteiger partial charge >= 0.3 is 0 Å². The summed E-state index contributed by atoms with van der Waals surface area (Å²) in [6.07, 6.45) is 3.55. The third-order valence-corrected chi connectivity index (χ3v) is 5.27. The smallest absolute Gasteiger partial charge is 0.255 e. The average molecular weight is 493 g/mol. The largest absolute Gasteiger partial charge is 0.492 e. The molecule has 35 heavy (non-hydrogen) atoms. The molecule has 2 aromatic heterocycles. The van der Waals surface area contributed by atoms with Gasteiger partial charge in [0.25, 0.3) is 5.91 Å². The van der Waals surface area contributed by atoms with E-state index in [0.717, 1.165) is 0 Å². The number of halogens is 1. The van der Waals surface area contributed by atoms with E-state index in [1.54, 1.807) is 65.3 Å². The molecule has 0 bridgehead atoms. The molecule has 9 heteroatoms. The predicted molar refractivity (Wildman–Crippen MR) is 136 cm³/mol. The lowest BCUT2D eigenvalue weighted by molar-refractivity contribution is -0.115. The van der Waals surface area contributed by atoms with Crippen LogP contribution in [0.1, 0.15) is 29.9 Å². The summed E-state index contributed by atoms with van der Waals surface area (Å²) in [7, 11) is 0. The Labute approximate surface area is 207 Å². The topological polar surface area (TPSA) is 94.0 Å². The number of aromatic nitrogens is 2. The van der Waals surface area contributed by atoms with Crippen molar-refractivity contribution in [3.63, 3.8) is 0 Å². The van der Waals surface area contributed by atoms with Crippen molar-refractivity contribution >= 4 is 40.4 Å². The first-order valence-electron chi connectivity index (χ1n) is 11.2. The first-order chi connectivity index (χ1) is 17.0. The van der Waals surface area contributed by atoms with Crippen LogP contribution in [0.5, 0.6) is 11.5 Å². The lowest BCUT2D eigenvalue weighted by atomic mass is 10.2. The molecule has 4 rings (SSSR count). The van der Waals surface area contributed by atoms with Crippen LogP contribution in [-0.2, 0) is 11.2 Å². The zero-order valence-corrected chi connectivity index (χ0v) is 20.1. The van der Waals surface area contributed by atoms with Gasteiger partial charge in [0.15, 0.2) is 0 Å². The Balaban J connectivity index is 1.57. The number of ether oxygens (including phenoxy) is 2. The number of nitrogens with one attached hydrogen (secondary N) is 2. The number of pyridine rings is 1. The van der Waals surface area contributed by atoms with E-state index >= 15 is 0 Å². The van der Waals surface area contributed by atoms with Gasteiger partial charge in [-0.2, -0.15) is 0 Å². The van der Waals surface area contributed by atoms with Crippen molar-refractivity contribution in [2.24, 2.45) is 0 Å². The van der Waals surface area contributed by atoms with Gasteiger partial charge in [-0.1, -0.05) is 29.8 Å². The summed E-state index contributed by atoms with van der Waals surface area (Å²) in [6, 6.07) is 15.7. The highest BCUT2D eigenvalue weighted by molar-refractivity contribution is 6.30. The van der Waals surface area contributed by atoms with E-state index in [0.29, 0.717) is 58.0 Å². The Hall–Kier alpha value is -4.04. The molecule has 2 amide bonds. The third kappa shape index (κ3) is 5.91. The average Bonchev–Trinajstić information content (AvgIpc) is 3.23. The van der Waals surface area contributed by atoms with E-state index in [-0.39, 0.29) is 18.2 Å². The van der Waals surface area contributed by atoms with Gasteiger partial charge in [0, 0.05) is 30.1 Å². The van der Waals surface area contributed by atoms with Crippen molar-refractivity contribution in [3.8, 4) is 11.5 Å². The van der Waals surface area contributed by atoms with Crippen LogP contribution in [0.3, 0.4) is 0 Å². The Bertz CT molecular complexity index is 1350. The van der Waals surface area contributed by atoms with Gasteiger partial charge < -0.3 is 24.5 Å². The number of amides is 2. The van der Waals surface area contributed by atoms with Crippen molar-refractivity contribution in [1.82, 2.24) is 9.38 Å². The maximum Gasteiger partial charge on any atom is 0.255 e. The summed E-state index contributed by atoms with van der Waals surface area (Å²) in [5.74, 6) is 0.272.